The van der Waals surface area contributed by atoms with Crippen LogP contribution in [0.25, 0.3) is 0 Å². The average molecular weight is 331 g/mol. The Morgan fingerprint density at radius 2 is 1.96 bits per heavy atom. The highest BCUT2D eigenvalue weighted by molar-refractivity contribution is 5.88. The molecule has 0 radical (unpaired) electrons. The third-order valence-corrected chi connectivity index (χ3v) is 5.50. The molecule has 1 aliphatic heterocycles. The fraction of sp³-hybridized carbons (Fsp3) is 0.632. The number of hydrogen-bond acceptors (Lipinski definition) is 4. The molecular formula is C19H29N3O2. The molecule has 5 nitrogen and oxygen atoms in total. The number of nitrogens with two attached hydrogens (primary N) is 1. The highest BCUT2D eigenvalue weighted by atomic mass is 16.5. The summed E-state index contributed by atoms with van der Waals surface area (Å²) in [5.74, 6) is 0.114. The predicted molar refractivity (Wildman–Crippen MR) is 94.9 cm³/mol. The van der Waals surface area contributed by atoms with E-state index in [1.54, 1.807) is 7.11 Å². The summed E-state index contributed by atoms with van der Waals surface area (Å²) in [6, 6.07) is 8.63. The zero-order chi connectivity index (χ0) is 17.2. The van der Waals surface area contributed by atoms with Crippen LogP contribution in [0.2, 0.25) is 0 Å². The van der Waals surface area contributed by atoms with E-state index < -0.39 is 5.54 Å². The number of fused-ring (bicyclic) bond motifs is 1. The molecule has 2 aliphatic rings. The van der Waals surface area contributed by atoms with Crippen molar-refractivity contribution in [2.24, 2.45) is 5.73 Å². The van der Waals surface area contributed by atoms with Gasteiger partial charge in [-0.2, -0.15) is 0 Å². The molecule has 1 amide bonds. The molecule has 24 heavy (non-hydrogen) atoms. The maximum atomic E-state index is 13.1. The van der Waals surface area contributed by atoms with Crippen LogP contribution in [0.1, 0.15) is 24.5 Å². The van der Waals surface area contributed by atoms with Gasteiger partial charge in [-0.05, 0) is 30.4 Å². The predicted octanol–water partition coefficient (Wildman–Crippen LogP) is 1.05. The van der Waals surface area contributed by atoms with E-state index in [9.17, 15) is 4.79 Å². The Hall–Kier alpha value is -1.43. The van der Waals surface area contributed by atoms with Gasteiger partial charge in [-0.1, -0.05) is 31.2 Å². The standard InChI is InChI=1S/C19H29N3O2/c1-3-17-14-22(9-8-21(17)10-11-24-2)18(23)19(20)12-15-6-4-5-7-16(15)13-19/h4-7,17H,3,8-14,20H2,1-2H3. The van der Waals surface area contributed by atoms with E-state index in [1.807, 2.05) is 17.0 Å². The number of methoxy groups -OCH3 is 1. The number of amides is 1. The van der Waals surface area contributed by atoms with Gasteiger partial charge in [0, 0.05) is 39.3 Å². The van der Waals surface area contributed by atoms with Crippen LogP contribution in [0.3, 0.4) is 0 Å². The zero-order valence-electron chi connectivity index (χ0n) is 14.8. The number of carbonyl (C=O) groups excluding carboxylic acids is 1. The number of nitrogens with zero attached hydrogens (tertiary/aromatic N) is 2. The number of rotatable bonds is 5. The molecule has 1 fully saturated rings. The monoisotopic (exact) mass is 331 g/mol. The quantitative estimate of drug-likeness (QED) is 0.876. The molecule has 0 bridgehead atoms. The molecule has 0 aromatic heterocycles. The molecule has 3 rings (SSSR count). The first-order valence-electron chi connectivity index (χ1n) is 8.95. The normalized spacial score (nSPS) is 23.3. The molecule has 0 saturated carbocycles. The second kappa shape index (κ2) is 7.21. The Kier molecular flexibility index (Phi) is 5.23. The fourth-order valence-corrected chi connectivity index (χ4v) is 4.08. The summed E-state index contributed by atoms with van der Waals surface area (Å²) < 4.78 is 5.20. The summed E-state index contributed by atoms with van der Waals surface area (Å²) in [6.45, 7) is 6.28. The minimum absolute atomic E-state index is 0.114. The van der Waals surface area contributed by atoms with Crippen LogP contribution in [-0.4, -0.2) is 67.2 Å². The van der Waals surface area contributed by atoms with Crippen LogP contribution in [0.15, 0.2) is 24.3 Å². The van der Waals surface area contributed by atoms with Crippen LogP contribution in [0.4, 0.5) is 0 Å². The molecule has 0 spiro atoms. The van der Waals surface area contributed by atoms with E-state index in [4.69, 9.17) is 10.5 Å². The molecular weight excluding hydrogens is 302 g/mol. The highest BCUT2D eigenvalue weighted by Crippen LogP contribution is 2.30. The lowest BCUT2D eigenvalue weighted by Crippen LogP contribution is -2.62. The second-order valence-electron chi connectivity index (χ2n) is 7.12. The molecule has 5 heteroatoms. The van der Waals surface area contributed by atoms with Crippen molar-refractivity contribution in [1.29, 1.82) is 0 Å². The Balaban J connectivity index is 1.66. The third-order valence-electron chi connectivity index (χ3n) is 5.50. The van der Waals surface area contributed by atoms with Crippen LogP contribution in [0, 0.1) is 0 Å². The fourth-order valence-electron chi connectivity index (χ4n) is 4.08. The van der Waals surface area contributed by atoms with E-state index in [0.29, 0.717) is 18.9 Å². The van der Waals surface area contributed by atoms with E-state index in [2.05, 4.69) is 24.0 Å². The van der Waals surface area contributed by atoms with E-state index >= 15 is 0 Å². The number of hydrogen-bond donors (Lipinski definition) is 1. The van der Waals surface area contributed by atoms with Crippen molar-refractivity contribution >= 4 is 5.91 Å². The van der Waals surface area contributed by atoms with Gasteiger partial charge in [0.05, 0.1) is 6.61 Å². The van der Waals surface area contributed by atoms with Gasteiger partial charge in [-0.3, -0.25) is 9.69 Å². The second-order valence-corrected chi connectivity index (χ2v) is 7.12. The maximum absolute atomic E-state index is 13.1. The van der Waals surface area contributed by atoms with Gasteiger partial charge >= 0.3 is 0 Å². The number of benzene rings is 1. The SMILES string of the molecule is CCC1CN(C(=O)C2(N)Cc3ccccc3C2)CCN1CCOC. The van der Waals surface area contributed by atoms with E-state index in [1.165, 1.54) is 11.1 Å². The summed E-state index contributed by atoms with van der Waals surface area (Å²) in [4.78, 5) is 17.6. The van der Waals surface area contributed by atoms with Gasteiger partial charge in [-0.15, -0.1) is 0 Å². The van der Waals surface area contributed by atoms with Gasteiger partial charge in [0.2, 0.25) is 5.91 Å². The van der Waals surface area contributed by atoms with Crippen LogP contribution in [0.5, 0.6) is 0 Å². The summed E-state index contributed by atoms with van der Waals surface area (Å²) in [5, 5.41) is 0. The zero-order valence-corrected chi connectivity index (χ0v) is 14.8. The minimum Gasteiger partial charge on any atom is -0.383 e. The van der Waals surface area contributed by atoms with Crippen molar-refractivity contribution in [2.45, 2.75) is 37.8 Å². The van der Waals surface area contributed by atoms with Crippen molar-refractivity contribution in [3.8, 4) is 0 Å². The first kappa shape index (κ1) is 17.4. The summed E-state index contributed by atoms with van der Waals surface area (Å²) in [6.07, 6.45) is 2.34. The Bertz CT molecular complexity index is 565. The Morgan fingerprint density at radius 3 is 2.54 bits per heavy atom. The summed E-state index contributed by atoms with van der Waals surface area (Å²) in [7, 11) is 1.73. The third kappa shape index (κ3) is 3.34. The van der Waals surface area contributed by atoms with Crippen LogP contribution in [-0.2, 0) is 22.4 Å². The van der Waals surface area contributed by atoms with Crippen molar-refractivity contribution < 1.29 is 9.53 Å². The molecule has 2 N–H and O–H groups in total. The molecule has 1 saturated heterocycles. The van der Waals surface area contributed by atoms with Gasteiger partial charge < -0.3 is 15.4 Å². The number of carbonyl (C=O) groups is 1. The highest BCUT2D eigenvalue weighted by Gasteiger charge is 2.43. The Labute approximate surface area is 144 Å². The molecule has 1 unspecified atom stereocenters. The van der Waals surface area contributed by atoms with Crippen LogP contribution < -0.4 is 5.73 Å². The first-order chi connectivity index (χ1) is 11.6. The Morgan fingerprint density at radius 1 is 1.29 bits per heavy atom. The van der Waals surface area contributed by atoms with Crippen LogP contribution >= 0.6 is 0 Å². The molecule has 1 atom stereocenters. The number of piperazine rings is 1. The van der Waals surface area contributed by atoms with Crippen molar-refractivity contribution in [3.05, 3.63) is 35.4 Å². The van der Waals surface area contributed by atoms with Gasteiger partial charge in [-0.25, -0.2) is 0 Å². The maximum Gasteiger partial charge on any atom is 0.243 e. The average Bonchev–Trinajstić information content (AvgIpc) is 2.96. The van der Waals surface area contributed by atoms with Gasteiger partial charge in [0.1, 0.15) is 5.54 Å². The smallest absolute Gasteiger partial charge is 0.243 e. The lowest BCUT2D eigenvalue weighted by atomic mass is 9.94. The van der Waals surface area contributed by atoms with Crippen molar-refractivity contribution in [3.63, 3.8) is 0 Å². The van der Waals surface area contributed by atoms with Crippen molar-refractivity contribution in [2.75, 3.05) is 39.9 Å². The number of ether oxygens (including phenoxy) is 1. The van der Waals surface area contributed by atoms with E-state index in [-0.39, 0.29) is 5.91 Å². The molecule has 1 heterocycles. The molecule has 1 aromatic rings. The van der Waals surface area contributed by atoms with E-state index in [0.717, 1.165) is 39.2 Å². The molecule has 132 valence electrons. The molecule has 1 aromatic carbocycles. The largest absolute Gasteiger partial charge is 0.383 e. The summed E-state index contributed by atoms with van der Waals surface area (Å²) >= 11 is 0. The van der Waals surface area contributed by atoms with Crippen molar-refractivity contribution in [1.82, 2.24) is 9.80 Å². The first-order valence-corrected chi connectivity index (χ1v) is 8.95. The minimum atomic E-state index is -0.767. The topological polar surface area (TPSA) is 58.8 Å². The van der Waals surface area contributed by atoms with Gasteiger partial charge in [0.15, 0.2) is 0 Å². The summed E-state index contributed by atoms with van der Waals surface area (Å²) in [5.41, 5.74) is 8.24. The lowest BCUT2D eigenvalue weighted by Gasteiger charge is -2.43. The van der Waals surface area contributed by atoms with Gasteiger partial charge in [0.25, 0.3) is 0 Å². The lowest BCUT2D eigenvalue weighted by molar-refractivity contribution is -0.140. The molecule has 1 aliphatic carbocycles.